The van der Waals surface area contributed by atoms with Gasteiger partial charge in [-0.2, -0.15) is 26.3 Å². The maximum Gasteiger partial charge on any atom is 0.416 e. The number of likely N-dealkylation sites (tertiary alicyclic amines) is 1. The fourth-order valence-corrected chi connectivity index (χ4v) is 5.40. The first-order valence-electron chi connectivity index (χ1n) is 13.4. The van der Waals surface area contributed by atoms with Crippen molar-refractivity contribution in [2.24, 2.45) is 10.9 Å². The van der Waals surface area contributed by atoms with Crippen LogP contribution >= 0.6 is 11.8 Å². The number of allylic oxidation sites excluding steroid dienone is 1. The summed E-state index contributed by atoms with van der Waals surface area (Å²) in [7, 11) is 0. The van der Waals surface area contributed by atoms with Crippen molar-refractivity contribution in [2.75, 3.05) is 58.2 Å². The van der Waals surface area contributed by atoms with Crippen LogP contribution in [0.1, 0.15) is 43.4 Å². The summed E-state index contributed by atoms with van der Waals surface area (Å²) in [5.41, 5.74) is -1.82. The molecule has 0 saturated carbocycles. The SMILES string of the molecule is CCN(CC)CCOCCN=C1NC(=O)SCC1=CC1CCN(Cc2ccc(C(F)(F)F)cc2C(F)(F)F)CC1. The number of carbonyl (C=O) groups is 1. The molecule has 2 heterocycles. The molecule has 40 heavy (non-hydrogen) atoms. The lowest BCUT2D eigenvalue weighted by molar-refractivity contribution is -0.143. The Hall–Kier alpha value is -2.09. The monoisotopic (exact) mass is 594 g/mol. The number of hydrogen-bond donors (Lipinski definition) is 1. The number of likely N-dealkylation sites (N-methyl/N-ethyl adjacent to an activating group) is 1. The van der Waals surface area contributed by atoms with E-state index in [1.165, 1.54) is 0 Å². The van der Waals surface area contributed by atoms with Gasteiger partial charge in [0, 0.05) is 24.4 Å². The van der Waals surface area contributed by atoms with Crippen molar-refractivity contribution in [3.8, 4) is 0 Å². The van der Waals surface area contributed by atoms with E-state index in [0.29, 0.717) is 63.3 Å². The van der Waals surface area contributed by atoms with Crippen molar-refractivity contribution < 1.29 is 35.9 Å². The zero-order chi connectivity index (χ0) is 29.3. The summed E-state index contributed by atoms with van der Waals surface area (Å²) in [5, 5.41) is 2.63. The van der Waals surface area contributed by atoms with Crippen LogP contribution in [0.25, 0.3) is 0 Å². The molecule has 2 aliphatic heterocycles. The Balaban J connectivity index is 1.56. The number of ether oxygens (including phenoxy) is 1. The lowest BCUT2D eigenvalue weighted by atomic mass is 9.93. The highest BCUT2D eigenvalue weighted by Crippen LogP contribution is 2.38. The smallest absolute Gasteiger partial charge is 0.378 e. The van der Waals surface area contributed by atoms with Gasteiger partial charge in [-0.1, -0.05) is 37.8 Å². The van der Waals surface area contributed by atoms with Crippen molar-refractivity contribution in [1.29, 1.82) is 0 Å². The van der Waals surface area contributed by atoms with Gasteiger partial charge >= 0.3 is 12.4 Å². The highest BCUT2D eigenvalue weighted by molar-refractivity contribution is 8.13. The van der Waals surface area contributed by atoms with E-state index in [1.807, 2.05) is 4.90 Å². The molecule has 3 rings (SSSR count). The molecule has 2 fully saturated rings. The zero-order valence-corrected chi connectivity index (χ0v) is 23.5. The molecule has 1 N–H and O–H groups in total. The Morgan fingerprint density at radius 3 is 2.42 bits per heavy atom. The number of alkyl halides is 6. The van der Waals surface area contributed by atoms with Gasteiger partial charge in [0.05, 0.1) is 30.9 Å². The molecule has 0 aromatic heterocycles. The minimum Gasteiger partial charge on any atom is -0.378 e. The van der Waals surface area contributed by atoms with E-state index in [9.17, 15) is 31.1 Å². The number of nitrogens with one attached hydrogen (secondary N) is 1. The molecule has 0 atom stereocenters. The third-order valence-corrected chi connectivity index (χ3v) is 7.86. The van der Waals surface area contributed by atoms with Crippen LogP contribution in [0.2, 0.25) is 0 Å². The Morgan fingerprint density at radius 2 is 1.80 bits per heavy atom. The predicted octanol–water partition coefficient (Wildman–Crippen LogP) is 6.08. The van der Waals surface area contributed by atoms with Crippen molar-refractivity contribution in [1.82, 2.24) is 15.1 Å². The predicted molar refractivity (Wildman–Crippen MR) is 144 cm³/mol. The summed E-state index contributed by atoms with van der Waals surface area (Å²) in [6.07, 6.45) is -6.31. The van der Waals surface area contributed by atoms with E-state index in [-0.39, 0.29) is 29.3 Å². The summed E-state index contributed by atoms with van der Waals surface area (Å²) < 4.78 is 85.2. The summed E-state index contributed by atoms with van der Waals surface area (Å²) in [6, 6.07) is 1.82. The normalized spacial score (nSPS) is 20.1. The number of hydrogen-bond acceptors (Lipinski definition) is 6. The Kier molecular flexibility index (Phi) is 11.9. The summed E-state index contributed by atoms with van der Waals surface area (Å²) in [6.45, 7) is 9.32. The minimum atomic E-state index is -4.88. The van der Waals surface area contributed by atoms with E-state index in [2.05, 4.69) is 35.1 Å². The first-order valence-corrected chi connectivity index (χ1v) is 14.4. The van der Waals surface area contributed by atoms with Gasteiger partial charge in [0.1, 0.15) is 5.84 Å². The van der Waals surface area contributed by atoms with Crippen LogP contribution in [0.15, 0.2) is 34.8 Å². The topological polar surface area (TPSA) is 57.2 Å². The molecule has 1 amide bonds. The van der Waals surface area contributed by atoms with Crippen LogP contribution in [-0.2, 0) is 23.6 Å². The first-order chi connectivity index (χ1) is 18.9. The fraction of sp³-hybridized carbons (Fsp3) is 0.630. The molecular weight excluding hydrogens is 558 g/mol. The van der Waals surface area contributed by atoms with Crippen LogP contribution in [-0.4, -0.2) is 79.1 Å². The van der Waals surface area contributed by atoms with Gasteiger partial charge < -0.3 is 15.0 Å². The average molecular weight is 595 g/mol. The molecule has 6 nitrogen and oxygen atoms in total. The van der Waals surface area contributed by atoms with Gasteiger partial charge in [-0.15, -0.1) is 0 Å². The highest BCUT2D eigenvalue weighted by atomic mass is 32.2. The molecule has 1 aromatic rings. The Morgan fingerprint density at radius 1 is 1.10 bits per heavy atom. The number of nitrogens with zero attached hydrogens (tertiary/aromatic N) is 3. The van der Waals surface area contributed by atoms with Gasteiger partial charge in [-0.3, -0.25) is 14.7 Å². The number of rotatable bonds is 11. The van der Waals surface area contributed by atoms with Crippen LogP contribution in [0, 0.1) is 5.92 Å². The molecule has 224 valence electrons. The molecule has 13 heteroatoms. The average Bonchev–Trinajstić information content (AvgIpc) is 2.89. The van der Waals surface area contributed by atoms with E-state index < -0.39 is 23.5 Å². The molecular formula is C27H36F6N4O2S. The lowest BCUT2D eigenvalue weighted by Crippen LogP contribution is -2.36. The summed E-state index contributed by atoms with van der Waals surface area (Å²) in [4.78, 5) is 20.6. The quantitative estimate of drug-likeness (QED) is 0.249. The second-order valence-corrected chi connectivity index (χ2v) is 10.7. The van der Waals surface area contributed by atoms with E-state index in [1.54, 1.807) is 0 Å². The highest BCUT2D eigenvalue weighted by Gasteiger charge is 2.38. The fourth-order valence-electron chi connectivity index (χ4n) is 4.71. The molecule has 0 aliphatic carbocycles. The number of aliphatic imine (C=N–C) groups is 1. The van der Waals surface area contributed by atoms with Crippen molar-refractivity contribution in [3.05, 3.63) is 46.5 Å². The number of benzene rings is 1. The zero-order valence-electron chi connectivity index (χ0n) is 22.7. The van der Waals surface area contributed by atoms with Gasteiger partial charge in [-0.05, 0) is 62.6 Å². The maximum atomic E-state index is 13.5. The standard InChI is InChI=1S/C27H36F6N4O2S/c1-3-36(4-2)12-14-39-13-9-34-24-21(18-40-25(38)35-24)15-19-7-10-37(11-8-19)17-20-5-6-22(26(28,29)30)16-23(20)27(31,32)33/h5-6,15-16,19H,3-4,7-14,17-18H2,1-2H3,(H,34,35,38). The van der Waals surface area contributed by atoms with Crippen LogP contribution in [0.4, 0.5) is 31.1 Å². The first kappa shape index (κ1) is 32.4. The third kappa shape index (κ3) is 9.78. The second kappa shape index (κ2) is 14.7. The molecule has 0 spiro atoms. The lowest BCUT2D eigenvalue weighted by Gasteiger charge is -2.32. The molecule has 0 bridgehead atoms. The molecule has 0 unspecified atom stereocenters. The number of carbonyl (C=O) groups excluding carboxylic acids is 1. The van der Waals surface area contributed by atoms with Gasteiger partial charge in [0.25, 0.3) is 5.24 Å². The third-order valence-electron chi connectivity index (χ3n) is 7.04. The van der Waals surface area contributed by atoms with Crippen molar-refractivity contribution in [2.45, 2.75) is 45.6 Å². The summed E-state index contributed by atoms with van der Waals surface area (Å²) in [5.74, 6) is 1.15. The number of piperidine rings is 1. The van der Waals surface area contributed by atoms with Crippen molar-refractivity contribution in [3.63, 3.8) is 0 Å². The van der Waals surface area contributed by atoms with Crippen LogP contribution < -0.4 is 5.32 Å². The van der Waals surface area contributed by atoms with Crippen LogP contribution in [0.3, 0.4) is 0 Å². The molecule has 0 radical (unpaired) electrons. The van der Waals surface area contributed by atoms with E-state index in [4.69, 9.17) is 4.74 Å². The number of thioether (sulfide) groups is 1. The van der Waals surface area contributed by atoms with Crippen LogP contribution in [0.5, 0.6) is 0 Å². The minimum absolute atomic E-state index is 0.0802. The number of halogens is 6. The Labute approximate surface area is 235 Å². The van der Waals surface area contributed by atoms with E-state index in [0.717, 1.165) is 43.0 Å². The second-order valence-electron chi connectivity index (χ2n) is 9.74. The van der Waals surface area contributed by atoms with Gasteiger partial charge in [0.15, 0.2) is 0 Å². The number of amides is 1. The molecule has 1 aromatic carbocycles. The number of amidine groups is 1. The molecule has 2 saturated heterocycles. The molecule has 2 aliphatic rings. The Bertz CT molecular complexity index is 1050. The van der Waals surface area contributed by atoms with Crippen molar-refractivity contribution >= 4 is 22.8 Å². The largest absolute Gasteiger partial charge is 0.416 e. The maximum absolute atomic E-state index is 13.5. The van der Waals surface area contributed by atoms with Gasteiger partial charge in [0.2, 0.25) is 0 Å². The van der Waals surface area contributed by atoms with Gasteiger partial charge in [-0.25, -0.2) is 0 Å². The van der Waals surface area contributed by atoms with E-state index >= 15 is 0 Å². The summed E-state index contributed by atoms with van der Waals surface area (Å²) >= 11 is 1.15.